The molecule has 146 valence electrons. The van der Waals surface area contributed by atoms with E-state index in [1.165, 1.54) is 0 Å². The molecule has 0 unspecified atom stereocenters. The molecule has 0 bridgehead atoms. The first-order valence-corrected chi connectivity index (χ1v) is 8.98. The molecule has 0 aliphatic carbocycles. The topological polar surface area (TPSA) is 110 Å². The molecule has 0 spiro atoms. The number of hydrogen-bond acceptors (Lipinski definition) is 5. The van der Waals surface area contributed by atoms with Crippen molar-refractivity contribution in [2.75, 3.05) is 11.9 Å². The fraction of sp³-hybridized carbons (Fsp3) is 0.0909. The maximum atomic E-state index is 11.9. The van der Waals surface area contributed by atoms with Gasteiger partial charge < -0.3 is 16.4 Å². The summed E-state index contributed by atoms with van der Waals surface area (Å²) in [4.78, 5) is 32.3. The van der Waals surface area contributed by atoms with Gasteiger partial charge >= 0.3 is 0 Å². The van der Waals surface area contributed by atoms with Gasteiger partial charge in [0.2, 0.25) is 11.9 Å². The Balaban J connectivity index is 1.81. The lowest BCUT2D eigenvalue weighted by Crippen LogP contribution is -2.22. The van der Waals surface area contributed by atoms with Crippen LogP contribution in [0.25, 0.3) is 11.3 Å². The summed E-state index contributed by atoms with van der Waals surface area (Å²) < 4.78 is 0. The molecule has 0 fully saturated rings. The number of hydrogen-bond donors (Lipinski definition) is 3. The highest BCUT2D eigenvalue weighted by Crippen LogP contribution is 2.25. The van der Waals surface area contributed by atoms with E-state index in [2.05, 4.69) is 27.2 Å². The smallest absolute Gasteiger partial charge is 0.251 e. The van der Waals surface area contributed by atoms with E-state index in [1.54, 1.807) is 54.7 Å². The Labute approximate surface area is 168 Å². The third kappa shape index (κ3) is 4.65. The van der Waals surface area contributed by atoms with E-state index in [0.717, 1.165) is 16.8 Å². The van der Waals surface area contributed by atoms with Crippen molar-refractivity contribution in [3.8, 4) is 11.3 Å². The number of amides is 2. The number of carbonyl (C=O) groups excluding carboxylic acids is 2. The van der Waals surface area contributed by atoms with E-state index in [-0.39, 0.29) is 5.91 Å². The van der Waals surface area contributed by atoms with Crippen LogP contribution in [0.5, 0.6) is 0 Å². The molecule has 7 nitrogen and oxygen atoms in total. The van der Waals surface area contributed by atoms with Crippen LogP contribution in [0.2, 0.25) is 0 Å². The summed E-state index contributed by atoms with van der Waals surface area (Å²) in [5, 5.41) is 5.84. The molecule has 0 atom stereocenters. The van der Waals surface area contributed by atoms with E-state index < -0.39 is 5.91 Å². The Morgan fingerprint density at radius 1 is 1.14 bits per heavy atom. The number of benzene rings is 2. The molecule has 2 amide bonds. The van der Waals surface area contributed by atoms with Gasteiger partial charge in [-0.15, -0.1) is 6.58 Å². The molecule has 2 aromatic carbocycles. The fourth-order valence-corrected chi connectivity index (χ4v) is 2.85. The molecule has 7 heteroatoms. The molecule has 0 saturated carbocycles. The van der Waals surface area contributed by atoms with Crippen molar-refractivity contribution < 1.29 is 9.59 Å². The van der Waals surface area contributed by atoms with Gasteiger partial charge in [0.1, 0.15) is 0 Å². The second-order valence-corrected chi connectivity index (χ2v) is 6.31. The molecule has 0 saturated heterocycles. The monoisotopic (exact) mass is 387 g/mol. The first-order valence-electron chi connectivity index (χ1n) is 8.98. The van der Waals surface area contributed by atoms with Gasteiger partial charge in [-0.2, -0.15) is 0 Å². The predicted molar refractivity (Wildman–Crippen MR) is 113 cm³/mol. The van der Waals surface area contributed by atoms with Crippen LogP contribution < -0.4 is 16.4 Å². The summed E-state index contributed by atoms with van der Waals surface area (Å²) in [6.07, 6.45) is 3.26. The van der Waals surface area contributed by atoms with Crippen LogP contribution >= 0.6 is 0 Å². The summed E-state index contributed by atoms with van der Waals surface area (Å²) in [5.41, 5.74) is 9.42. The van der Waals surface area contributed by atoms with E-state index in [0.29, 0.717) is 29.3 Å². The summed E-state index contributed by atoms with van der Waals surface area (Å²) >= 11 is 0. The maximum Gasteiger partial charge on any atom is 0.251 e. The van der Waals surface area contributed by atoms with E-state index in [9.17, 15) is 9.59 Å². The number of carbonyl (C=O) groups is 2. The van der Waals surface area contributed by atoms with Crippen LogP contribution in [0.4, 0.5) is 11.6 Å². The average Bonchev–Trinajstić information content (AvgIpc) is 2.72. The second kappa shape index (κ2) is 8.79. The lowest BCUT2D eigenvalue weighted by Gasteiger charge is -2.11. The first kappa shape index (κ1) is 19.8. The third-order valence-corrected chi connectivity index (χ3v) is 4.34. The molecule has 0 aliphatic heterocycles. The highest BCUT2D eigenvalue weighted by molar-refractivity contribution is 5.96. The van der Waals surface area contributed by atoms with E-state index in [4.69, 9.17) is 5.73 Å². The van der Waals surface area contributed by atoms with E-state index in [1.807, 2.05) is 13.0 Å². The molecular formula is C22H21N5O2. The number of anilines is 2. The van der Waals surface area contributed by atoms with Gasteiger partial charge in [-0.25, -0.2) is 9.97 Å². The van der Waals surface area contributed by atoms with Crippen molar-refractivity contribution in [2.24, 2.45) is 5.73 Å². The fourth-order valence-electron chi connectivity index (χ4n) is 2.85. The van der Waals surface area contributed by atoms with Gasteiger partial charge in [-0.1, -0.05) is 18.2 Å². The third-order valence-electron chi connectivity index (χ3n) is 4.34. The summed E-state index contributed by atoms with van der Waals surface area (Å²) in [6, 6.07) is 14.1. The van der Waals surface area contributed by atoms with Gasteiger partial charge in [0.25, 0.3) is 5.91 Å². The number of primary amides is 1. The van der Waals surface area contributed by atoms with Crippen molar-refractivity contribution in [1.82, 2.24) is 15.3 Å². The number of aromatic nitrogens is 2. The minimum Gasteiger partial charge on any atom is -0.366 e. The molecule has 3 aromatic rings. The normalized spacial score (nSPS) is 10.2. The van der Waals surface area contributed by atoms with Crippen LogP contribution in [0, 0.1) is 6.92 Å². The molecule has 0 radical (unpaired) electrons. The Hall–Kier alpha value is -4.00. The average molecular weight is 387 g/mol. The lowest BCUT2D eigenvalue weighted by molar-refractivity contribution is 0.0956. The second-order valence-electron chi connectivity index (χ2n) is 6.31. The number of nitrogens with zero attached hydrogens (tertiary/aromatic N) is 2. The van der Waals surface area contributed by atoms with Crippen molar-refractivity contribution in [1.29, 1.82) is 0 Å². The van der Waals surface area contributed by atoms with Crippen molar-refractivity contribution in [3.05, 3.63) is 84.1 Å². The first-order chi connectivity index (χ1) is 14.0. The Kier molecular flexibility index (Phi) is 5.99. The summed E-state index contributed by atoms with van der Waals surface area (Å²) in [7, 11) is 0. The van der Waals surface area contributed by atoms with Crippen LogP contribution in [-0.4, -0.2) is 28.3 Å². The zero-order valence-electron chi connectivity index (χ0n) is 16.0. The minimum atomic E-state index is -0.478. The number of nitrogens with one attached hydrogen (secondary N) is 2. The van der Waals surface area contributed by atoms with Crippen molar-refractivity contribution in [2.45, 2.75) is 6.92 Å². The lowest BCUT2D eigenvalue weighted by atomic mass is 9.99. The molecular weight excluding hydrogens is 366 g/mol. The van der Waals surface area contributed by atoms with Crippen LogP contribution in [0.1, 0.15) is 26.3 Å². The SMILES string of the molecule is C=CCNC(=O)c1ccc(Nc2nccc(-c3cccc(C(N)=O)c3C)n2)cc1. The zero-order chi connectivity index (χ0) is 20.8. The highest BCUT2D eigenvalue weighted by Gasteiger charge is 2.12. The molecule has 29 heavy (non-hydrogen) atoms. The largest absolute Gasteiger partial charge is 0.366 e. The van der Waals surface area contributed by atoms with Crippen LogP contribution in [0.15, 0.2) is 67.4 Å². The standard InChI is InChI=1S/C22H21N5O2/c1-3-12-24-21(29)15-7-9-16(10-8-15)26-22-25-13-11-19(27-22)17-5-4-6-18(14(17)2)20(23)28/h3-11,13H,1,12H2,2H3,(H2,23,28)(H,24,29)(H,25,26,27). The van der Waals surface area contributed by atoms with Gasteiger partial charge in [0.15, 0.2) is 0 Å². The minimum absolute atomic E-state index is 0.167. The quantitative estimate of drug-likeness (QED) is 0.539. The van der Waals surface area contributed by atoms with Gasteiger partial charge in [-0.3, -0.25) is 9.59 Å². The molecule has 3 rings (SSSR count). The molecule has 0 aliphatic rings. The number of rotatable bonds is 7. The summed E-state index contributed by atoms with van der Waals surface area (Å²) in [6.45, 7) is 5.82. The van der Waals surface area contributed by atoms with Crippen LogP contribution in [0.3, 0.4) is 0 Å². The van der Waals surface area contributed by atoms with Crippen LogP contribution in [-0.2, 0) is 0 Å². The molecule has 1 heterocycles. The zero-order valence-corrected chi connectivity index (χ0v) is 16.0. The van der Waals surface area contributed by atoms with Crippen molar-refractivity contribution in [3.63, 3.8) is 0 Å². The maximum absolute atomic E-state index is 11.9. The Bertz CT molecular complexity index is 1060. The summed E-state index contributed by atoms with van der Waals surface area (Å²) in [5.74, 6) is -0.247. The van der Waals surface area contributed by atoms with Gasteiger partial charge in [0.05, 0.1) is 5.69 Å². The Morgan fingerprint density at radius 3 is 2.59 bits per heavy atom. The van der Waals surface area contributed by atoms with Gasteiger partial charge in [0, 0.05) is 35.1 Å². The molecule has 4 N–H and O–H groups in total. The Morgan fingerprint density at radius 2 is 1.90 bits per heavy atom. The molecule has 1 aromatic heterocycles. The number of nitrogens with two attached hydrogens (primary N) is 1. The van der Waals surface area contributed by atoms with Gasteiger partial charge in [-0.05, 0) is 48.9 Å². The van der Waals surface area contributed by atoms with Crippen molar-refractivity contribution >= 4 is 23.5 Å². The predicted octanol–water partition coefficient (Wildman–Crippen LogP) is 3.21. The van der Waals surface area contributed by atoms with E-state index >= 15 is 0 Å². The highest BCUT2D eigenvalue weighted by atomic mass is 16.2.